The van der Waals surface area contributed by atoms with Crippen molar-refractivity contribution < 1.29 is 0 Å². The van der Waals surface area contributed by atoms with Gasteiger partial charge in [0.05, 0.1) is 11.4 Å². The van der Waals surface area contributed by atoms with Crippen LogP contribution in [0.4, 0.5) is 0 Å². The zero-order valence-electron chi connectivity index (χ0n) is 22.1. The topological polar surface area (TPSA) is 12.9 Å². The molecule has 0 spiro atoms. The molecule has 39 heavy (non-hydrogen) atoms. The molecule has 0 aliphatic heterocycles. The first-order chi connectivity index (χ1) is 19.1. The largest absolute Gasteiger partial charge is 0.248 e. The Morgan fingerprint density at radius 2 is 1.10 bits per heavy atom. The van der Waals surface area contributed by atoms with Gasteiger partial charge in [0, 0.05) is 16.5 Å². The highest BCUT2D eigenvalue weighted by molar-refractivity contribution is 6.27. The molecule has 0 amide bonds. The van der Waals surface area contributed by atoms with Crippen LogP contribution in [0, 0.1) is 0 Å². The van der Waals surface area contributed by atoms with Crippen LogP contribution in [0.1, 0.15) is 25.0 Å². The van der Waals surface area contributed by atoms with Crippen molar-refractivity contribution in [3.8, 4) is 33.6 Å². The van der Waals surface area contributed by atoms with E-state index in [9.17, 15) is 0 Å². The first kappa shape index (κ1) is 22.3. The van der Waals surface area contributed by atoms with Crippen molar-refractivity contribution in [2.24, 2.45) is 0 Å². The van der Waals surface area contributed by atoms with Gasteiger partial charge in [-0.05, 0) is 72.8 Å². The molecule has 8 rings (SSSR count). The Morgan fingerprint density at radius 1 is 0.462 bits per heavy atom. The van der Waals surface area contributed by atoms with Gasteiger partial charge < -0.3 is 0 Å². The monoisotopic (exact) mass is 497 g/mol. The molecular formula is C38H27N. The van der Waals surface area contributed by atoms with E-state index in [2.05, 4.69) is 135 Å². The van der Waals surface area contributed by atoms with E-state index in [1.807, 2.05) is 6.07 Å². The Morgan fingerprint density at radius 3 is 1.95 bits per heavy atom. The molecule has 0 saturated carbocycles. The third kappa shape index (κ3) is 3.17. The van der Waals surface area contributed by atoms with Gasteiger partial charge in [-0.2, -0.15) is 0 Å². The quantitative estimate of drug-likeness (QED) is 0.217. The summed E-state index contributed by atoms with van der Waals surface area (Å²) in [5.41, 5.74) is 9.78. The summed E-state index contributed by atoms with van der Waals surface area (Å²) in [6.07, 6.45) is 0. The zero-order chi connectivity index (χ0) is 26.1. The summed E-state index contributed by atoms with van der Waals surface area (Å²) in [7, 11) is 0. The number of benzene rings is 6. The first-order valence-electron chi connectivity index (χ1n) is 13.7. The molecule has 0 radical (unpaired) electrons. The summed E-state index contributed by atoms with van der Waals surface area (Å²) < 4.78 is 0. The Bertz CT molecular complexity index is 2060. The van der Waals surface area contributed by atoms with Crippen molar-refractivity contribution >= 4 is 32.3 Å². The molecule has 1 aliphatic rings. The summed E-state index contributed by atoms with van der Waals surface area (Å²) in [6.45, 7) is 4.76. The van der Waals surface area contributed by atoms with Gasteiger partial charge in [0.15, 0.2) is 0 Å². The number of hydrogen-bond donors (Lipinski definition) is 0. The molecule has 7 aromatic rings. The average molecular weight is 498 g/mol. The zero-order valence-corrected chi connectivity index (χ0v) is 22.1. The lowest BCUT2D eigenvalue weighted by Gasteiger charge is -2.24. The number of aromatic nitrogens is 1. The second-order valence-corrected chi connectivity index (χ2v) is 11.2. The van der Waals surface area contributed by atoms with E-state index in [1.54, 1.807) is 0 Å². The molecule has 184 valence electrons. The minimum absolute atomic E-state index is 0.0658. The second-order valence-electron chi connectivity index (χ2n) is 11.2. The average Bonchev–Trinajstić information content (AvgIpc) is 3.24. The van der Waals surface area contributed by atoms with Crippen molar-refractivity contribution in [2.75, 3.05) is 0 Å². The summed E-state index contributed by atoms with van der Waals surface area (Å²) in [5.74, 6) is 0. The third-order valence-electron chi connectivity index (χ3n) is 8.63. The van der Waals surface area contributed by atoms with Gasteiger partial charge in [-0.3, -0.25) is 0 Å². The standard InChI is InChI=1S/C38H27N/c1-38(2)33-16-9-8-14-28(33)31-22-21-30-27-20-19-25(35-18-10-17-34(39-35)24-11-4-3-5-12-24)23-32(27)26-13-6-7-15-29(26)36(30)37(31)38/h3-23H,1-2H3. The normalized spacial score (nSPS) is 13.6. The van der Waals surface area contributed by atoms with Crippen molar-refractivity contribution in [2.45, 2.75) is 19.3 Å². The molecule has 0 saturated heterocycles. The van der Waals surface area contributed by atoms with Gasteiger partial charge in [-0.1, -0.05) is 123 Å². The molecule has 1 heteroatoms. The van der Waals surface area contributed by atoms with Crippen molar-refractivity contribution in [3.05, 3.63) is 139 Å². The SMILES string of the molecule is CC1(C)c2ccccc2-c2ccc3c4ccc(-c5cccc(-c6ccccc6)n5)cc4c4ccccc4c3c21. The van der Waals surface area contributed by atoms with Crippen LogP contribution in [0.5, 0.6) is 0 Å². The first-order valence-corrected chi connectivity index (χ1v) is 13.7. The van der Waals surface area contributed by atoms with Crippen molar-refractivity contribution in [3.63, 3.8) is 0 Å². The maximum atomic E-state index is 5.05. The molecule has 1 nitrogen and oxygen atoms in total. The minimum atomic E-state index is -0.0658. The lowest BCUT2D eigenvalue weighted by molar-refractivity contribution is 0.666. The Kier molecular flexibility index (Phi) is 4.63. The molecule has 0 atom stereocenters. The second kappa shape index (κ2) is 8.12. The smallest absolute Gasteiger partial charge is 0.0709 e. The van der Waals surface area contributed by atoms with E-state index in [0.29, 0.717) is 0 Å². The highest BCUT2D eigenvalue weighted by Gasteiger charge is 2.37. The van der Waals surface area contributed by atoms with Crippen LogP contribution in [0.15, 0.2) is 127 Å². The van der Waals surface area contributed by atoms with Crippen molar-refractivity contribution in [1.29, 1.82) is 0 Å². The van der Waals surface area contributed by atoms with E-state index in [4.69, 9.17) is 4.98 Å². The van der Waals surface area contributed by atoms with Crippen LogP contribution in [0.25, 0.3) is 66.0 Å². The number of rotatable bonds is 2. The molecule has 1 aromatic heterocycles. The Balaban J connectivity index is 1.41. The van der Waals surface area contributed by atoms with E-state index in [1.165, 1.54) is 54.6 Å². The summed E-state index contributed by atoms with van der Waals surface area (Å²) >= 11 is 0. The molecule has 1 aliphatic carbocycles. The van der Waals surface area contributed by atoms with Gasteiger partial charge >= 0.3 is 0 Å². The highest BCUT2D eigenvalue weighted by atomic mass is 14.7. The van der Waals surface area contributed by atoms with Crippen molar-refractivity contribution in [1.82, 2.24) is 4.98 Å². The fourth-order valence-electron chi connectivity index (χ4n) is 6.84. The number of nitrogens with zero attached hydrogens (tertiary/aromatic N) is 1. The lowest BCUT2D eigenvalue weighted by atomic mass is 9.78. The maximum Gasteiger partial charge on any atom is 0.0709 e. The molecule has 0 N–H and O–H groups in total. The molecular weight excluding hydrogens is 470 g/mol. The van der Waals surface area contributed by atoms with E-state index in [0.717, 1.165) is 22.5 Å². The van der Waals surface area contributed by atoms with Crippen LogP contribution >= 0.6 is 0 Å². The molecule has 0 bridgehead atoms. The minimum Gasteiger partial charge on any atom is -0.248 e. The predicted molar refractivity (Wildman–Crippen MR) is 165 cm³/mol. The van der Waals surface area contributed by atoms with Gasteiger partial charge in [0.2, 0.25) is 0 Å². The Labute approximate surface area is 228 Å². The number of pyridine rings is 1. The van der Waals surface area contributed by atoms with Crippen LogP contribution in [0.2, 0.25) is 0 Å². The fourth-order valence-corrected chi connectivity index (χ4v) is 6.84. The van der Waals surface area contributed by atoms with Crippen LogP contribution in [-0.2, 0) is 5.41 Å². The van der Waals surface area contributed by atoms with Gasteiger partial charge in [-0.25, -0.2) is 4.98 Å². The third-order valence-corrected chi connectivity index (χ3v) is 8.63. The van der Waals surface area contributed by atoms with E-state index in [-0.39, 0.29) is 5.41 Å². The maximum absolute atomic E-state index is 5.05. The highest BCUT2D eigenvalue weighted by Crippen LogP contribution is 2.53. The fraction of sp³-hybridized carbons (Fsp3) is 0.0789. The Hall–Kier alpha value is -4.75. The molecule has 1 heterocycles. The molecule has 6 aromatic carbocycles. The summed E-state index contributed by atoms with van der Waals surface area (Å²) in [4.78, 5) is 5.05. The molecule has 0 unspecified atom stereocenters. The van der Waals surface area contributed by atoms with Gasteiger partial charge in [0.25, 0.3) is 0 Å². The van der Waals surface area contributed by atoms with Crippen LogP contribution < -0.4 is 0 Å². The van der Waals surface area contributed by atoms with Crippen LogP contribution in [0.3, 0.4) is 0 Å². The number of fused-ring (bicyclic) bond motifs is 10. The van der Waals surface area contributed by atoms with E-state index >= 15 is 0 Å². The summed E-state index contributed by atoms with van der Waals surface area (Å²) in [6, 6.07) is 46.1. The van der Waals surface area contributed by atoms with Gasteiger partial charge in [0.1, 0.15) is 0 Å². The van der Waals surface area contributed by atoms with Crippen LogP contribution in [-0.4, -0.2) is 4.98 Å². The van der Waals surface area contributed by atoms with Gasteiger partial charge in [-0.15, -0.1) is 0 Å². The van der Waals surface area contributed by atoms with E-state index < -0.39 is 0 Å². The summed E-state index contributed by atoms with van der Waals surface area (Å²) in [5, 5.41) is 7.88. The predicted octanol–water partition coefficient (Wildman–Crippen LogP) is 10.2. The molecule has 0 fully saturated rings. The lowest BCUT2D eigenvalue weighted by Crippen LogP contribution is -2.15. The number of hydrogen-bond acceptors (Lipinski definition) is 1.